The lowest BCUT2D eigenvalue weighted by atomic mass is 9.51. The van der Waals surface area contributed by atoms with E-state index in [0.29, 0.717) is 43.2 Å². The van der Waals surface area contributed by atoms with Crippen LogP contribution in [0.4, 0.5) is 0 Å². The minimum atomic E-state index is -3.37. The lowest BCUT2D eigenvalue weighted by Gasteiger charge is -2.53. The fourth-order valence-electron chi connectivity index (χ4n) is 7.79. The van der Waals surface area contributed by atoms with Crippen LogP contribution in [0.5, 0.6) is 0 Å². The van der Waals surface area contributed by atoms with Gasteiger partial charge in [0, 0.05) is 17.8 Å². The first-order chi connectivity index (χ1) is 17.7. The maximum absolute atomic E-state index is 13.4. The van der Waals surface area contributed by atoms with Crippen LogP contribution in [-0.2, 0) is 18.4 Å². The van der Waals surface area contributed by atoms with Gasteiger partial charge in [-0.25, -0.2) is 0 Å². The first-order valence-electron chi connectivity index (χ1n) is 13.8. The van der Waals surface area contributed by atoms with E-state index in [0.717, 1.165) is 37.7 Å². The van der Waals surface area contributed by atoms with E-state index in [9.17, 15) is 14.5 Å². The Bertz CT molecular complexity index is 1260. The zero-order valence-electron chi connectivity index (χ0n) is 24.5. The third-order valence-electron chi connectivity index (χ3n) is 9.43. The van der Waals surface area contributed by atoms with Gasteiger partial charge in [0.15, 0.2) is 5.78 Å². The van der Waals surface area contributed by atoms with Crippen LogP contribution < -0.4 is 5.30 Å². The molecule has 0 aromatic heterocycles. The van der Waals surface area contributed by atoms with Gasteiger partial charge in [0.25, 0.3) is 0 Å². The molecule has 0 radical (unpaired) electrons. The lowest BCUT2D eigenvalue weighted by Crippen LogP contribution is -2.51. The summed E-state index contributed by atoms with van der Waals surface area (Å²) in [6, 6.07) is 7.88. The molecular weight excluding hydrogens is 648 g/mol. The van der Waals surface area contributed by atoms with Crippen LogP contribution in [0.15, 0.2) is 47.1 Å². The second-order valence-electron chi connectivity index (χ2n) is 11.2. The van der Waals surface area contributed by atoms with Crippen LogP contribution in [0.3, 0.4) is 0 Å². The smallest absolute Gasteiger partial charge is 0.361 e. The molecule has 2 fully saturated rings. The molecule has 1 aromatic rings. The van der Waals surface area contributed by atoms with Crippen molar-refractivity contribution in [3.8, 4) is 11.8 Å². The number of carbonyl (C=O) groups excluding carboxylic acids is 1. The second kappa shape index (κ2) is 18.7. The largest absolute Gasteiger partial charge is 0.377 e. The van der Waals surface area contributed by atoms with Gasteiger partial charge in [-0.1, -0.05) is 52.8 Å². The summed E-state index contributed by atoms with van der Waals surface area (Å²) in [6.45, 7) is 8.31. The van der Waals surface area contributed by atoms with Crippen molar-refractivity contribution >= 4 is 72.7 Å². The van der Waals surface area contributed by atoms with Gasteiger partial charge in [0.1, 0.15) is 5.60 Å². The number of benzene rings is 1. The van der Waals surface area contributed by atoms with E-state index in [4.69, 9.17) is 9.05 Å². The fourth-order valence-corrected chi connectivity index (χ4v) is 9.36. The average Bonchev–Trinajstić information content (AvgIpc) is 3.14. The molecule has 1 N–H and O–H groups in total. The Morgan fingerprint density at radius 3 is 2.09 bits per heavy atom. The Morgan fingerprint density at radius 1 is 0.955 bits per heavy atom. The summed E-state index contributed by atoms with van der Waals surface area (Å²) in [5.74, 6) is 7.30. The topological polar surface area (TPSA) is 72.8 Å². The Labute approximate surface area is 296 Å². The summed E-state index contributed by atoms with van der Waals surface area (Å²) in [6.07, 6.45) is 7.66. The molecule has 0 unspecified atom stereocenters. The van der Waals surface area contributed by atoms with Gasteiger partial charge in [-0.2, -0.15) is 54.0 Å². The highest BCUT2D eigenvalue weighted by Crippen LogP contribution is 2.66. The molecule has 2 saturated carbocycles. The summed E-state index contributed by atoms with van der Waals surface area (Å²) < 4.78 is 24.5. The Balaban J connectivity index is -0.00000240. The first kappa shape index (κ1) is 47.8. The van der Waals surface area contributed by atoms with E-state index in [1.54, 1.807) is 0 Å². The molecule has 1 aromatic carbocycles. The van der Waals surface area contributed by atoms with Crippen molar-refractivity contribution in [3.05, 3.63) is 52.6 Å². The summed E-state index contributed by atoms with van der Waals surface area (Å²) in [5, 5.41) is 12.4. The molecule has 44 heavy (non-hydrogen) atoms. The van der Waals surface area contributed by atoms with Crippen LogP contribution in [0.2, 0.25) is 0 Å². The average molecular weight is 707 g/mol. The molecule has 5 nitrogen and oxygen atoms in total. The number of allylic oxidation sites excluding steroid dienone is 4. The van der Waals surface area contributed by atoms with Crippen LogP contribution >= 0.6 is 61.6 Å². The van der Waals surface area contributed by atoms with E-state index in [1.165, 1.54) is 16.7 Å². The molecule has 4 aliphatic carbocycles. The lowest BCUT2D eigenvalue weighted by molar-refractivity contribution is -0.114. The number of rotatable bonds is 6. The Hall–Kier alpha value is -0.560. The molecule has 10 heteroatoms. The van der Waals surface area contributed by atoms with E-state index in [1.807, 2.05) is 39.0 Å². The van der Waals surface area contributed by atoms with E-state index >= 15 is 0 Å². The molecule has 0 saturated heterocycles. The van der Waals surface area contributed by atoms with Crippen molar-refractivity contribution in [1.82, 2.24) is 0 Å². The monoisotopic (exact) mass is 706 g/mol. The van der Waals surface area contributed by atoms with E-state index in [-0.39, 0.29) is 93.4 Å². The molecule has 254 valence electrons. The van der Waals surface area contributed by atoms with Crippen molar-refractivity contribution in [2.24, 2.45) is 17.3 Å². The second-order valence-corrected chi connectivity index (χ2v) is 13.2. The number of carbonyl (C=O) groups is 1. The molecule has 5 atom stereocenters. The minimum Gasteiger partial charge on any atom is -0.377 e. The maximum atomic E-state index is 13.4. The molecule has 0 amide bonds. The molecule has 0 heterocycles. The molecule has 0 aliphatic heterocycles. The number of ketones is 1. The van der Waals surface area contributed by atoms with Gasteiger partial charge in [-0.05, 0) is 106 Å². The SMILES string of the molecule is C.C.C.CC#C[C@]1(O)CC[C@H]2[C@@H]3CCC4=CC(=O)CCC4=C3[C@@H](c3ccc(P(=O)(OCC)OCC)cc3)C[C@@]21C.S.S.S.S. The normalized spacial score (nSPS) is 27.9. The quantitative estimate of drug-likeness (QED) is 0.237. The molecule has 0 spiro atoms. The van der Waals surface area contributed by atoms with Crippen molar-refractivity contribution < 1.29 is 23.5 Å². The minimum absolute atomic E-state index is 0. The Kier molecular flexibility index (Phi) is 20.3. The summed E-state index contributed by atoms with van der Waals surface area (Å²) >= 11 is 0. The standard InChI is InChI=1S/C31H39O5P.3CH4.4H2S/c1-5-17-31(33)18-16-28-26-14-10-22-19-23(32)11-15-25(22)29(26)27(20-30(28,31)4)21-8-12-24(13-9-21)37(34,35-6-2)36-7-3;;;;;;;/h8-9,12-13,19,26-28,33H,6-7,10-11,14-16,18,20H2,1-4H3;3*1H4;4*1H2/t26-,27+,28-,30-,31-;;;;;;;/m0......./s1. The maximum Gasteiger partial charge on any atom is 0.361 e. The van der Waals surface area contributed by atoms with Crippen LogP contribution in [0, 0.1) is 29.1 Å². The summed E-state index contributed by atoms with van der Waals surface area (Å²) in [7, 11) is -3.37. The number of hydrogen-bond donors (Lipinski definition) is 1. The molecule has 0 bridgehead atoms. The van der Waals surface area contributed by atoms with E-state index in [2.05, 4.69) is 30.9 Å². The predicted molar refractivity (Wildman–Crippen MR) is 207 cm³/mol. The predicted octanol–water partition coefficient (Wildman–Crippen LogP) is 8.59. The zero-order valence-corrected chi connectivity index (χ0v) is 29.4. The van der Waals surface area contributed by atoms with Crippen LogP contribution in [0.25, 0.3) is 0 Å². The van der Waals surface area contributed by atoms with Crippen molar-refractivity contribution in [2.75, 3.05) is 13.2 Å². The highest BCUT2D eigenvalue weighted by atomic mass is 32.1. The first-order valence-corrected chi connectivity index (χ1v) is 15.4. The number of hydrogen-bond acceptors (Lipinski definition) is 5. The molecule has 5 rings (SSSR count). The van der Waals surface area contributed by atoms with Gasteiger partial charge in [-0.15, -0.1) is 5.92 Å². The van der Waals surface area contributed by atoms with Crippen molar-refractivity contribution in [1.29, 1.82) is 0 Å². The molecular formula is C34H59O5PS4. The van der Waals surface area contributed by atoms with Gasteiger partial charge < -0.3 is 14.2 Å². The Morgan fingerprint density at radius 2 is 1.55 bits per heavy atom. The van der Waals surface area contributed by atoms with Crippen LogP contribution in [0.1, 0.15) is 106 Å². The van der Waals surface area contributed by atoms with Crippen molar-refractivity contribution in [2.45, 2.75) is 106 Å². The van der Waals surface area contributed by atoms with E-state index < -0.39 is 13.2 Å². The van der Waals surface area contributed by atoms with Gasteiger partial charge in [-0.3, -0.25) is 9.36 Å². The molecule has 4 aliphatic rings. The zero-order chi connectivity index (χ0) is 26.4. The van der Waals surface area contributed by atoms with Crippen LogP contribution in [-0.4, -0.2) is 29.7 Å². The highest BCUT2D eigenvalue weighted by Gasteiger charge is 2.62. The number of fused-ring (bicyclic) bond motifs is 4. The highest BCUT2D eigenvalue weighted by molar-refractivity contribution is 7.62. The summed E-state index contributed by atoms with van der Waals surface area (Å²) in [4.78, 5) is 12.3. The van der Waals surface area contributed by atoms with Gasteiger partial charge in [0.2, 0.25) is 0 Å². The third-order valence-corrected chi connectivity index (χ3v) is 11.6. The van der Waals surface area contributed by atoms with Gasteiger partial charge >= 0.3 is 7.60 Å². The van der Waals surface area contributed by atoms with Gasteiger partial charge in [0.05, 0.1) is 18.5 Å². The third kappa shape index (κ3) is 8.11. The fraction of sp³-hybridized carbons (Fsp3) is 0.618. The van der Waals surface area contributed by atoms with Crippen molar-refractivity contribution in [3.63, 3.8) is 0 Å². The summed E-state index contributed by atoms with van der Waals surface area (Å²) in [5.41, 5.74) is 3.87. The number of aliphatic hydroxyl groups is 1.